The minimum atomic E-state index is -4.59. The zero-order valence-electron chi connectivity index (χ0n) is 36.2. The molecule has 4 N–H and O–H groups in total. The van der Waals surface area contributed by atoms with Crippen LogP contribution in [0, 0.1) is 16.0 Å². The van der Waals surface area contributed by atoms with Crippen molar-refractivity contribution in [3.63, 3.8) is 0 Å². The Hall–Kier alpha value is -5.52. The number of H-pyrrole nitrogens is 1. The SMILES string of the molecule is COC1(C)CCC(c2ccc(Cl)cc2)=C(CN2CCN(c3ccc(C(=O)NS(=O)(=O)c4ccc(NC[C@H]5CC[C@](C)(O)CC5)c([N+](=O)[O-])c4)c(Oc4cnc5[nH]ccc5c4)c3)CC2)C1. The van der Waals surface area contributed by atoms with E-state index in [0.717, 1.165) is 68.9 Å². The van der Waals surface area contributed by atoms with Gasteiger partial charge in [-0.2, -0.15) is 0 Å². The second kappa shape index (κ2) is 18.5. The number of fused-ring (bicyclic) bond motifs is 1. The molecule has 1 saturated heterocycles. The number of nitro groups is 1. The first-order valence-electron chi connectivity index (χ1n) is 21.6. The lowest BCUT2D eigenvalue weighted by Gasteiger charge is -2.40. The number of hydrogen-bond donors (Lipinski definition) is 4. The number of methoxy groups -OCH3 is 1. The van der Waals surface area contributed by atoms with Crippen LogP contribution < -0.4 is 19.7 Å². The number of halogens is 1. The van der Waals surface area contributed by atoms with Gasteiger partial charge in [-0.15, -0.1) is 0 Å². The highest BCUT2D eigenvalue weighted by Gasteiger charge is 2.34. The molecule has 1 saturated carbocycles. The lowest BCUT2D eigenvalue weighted by Crippen LogP contribution is -2.47. The molecule has 3 aromatic carbocycles. The van der Waals surface area contributed by atoms with Crippen molar-refractivity contribution in [1.82, 2.24) is 19.6 Å². The van der Waals surface area contributed by atoms with Crippen LogP contribution >= 0.6 is 11.6 Å². The molecular formula is C47H54ClN7O8S. The molecule has 15 nitrogen and oxygen atoms in total. The Balaban J connectivity index is 0.997. The Morgan fingerprint density at radius 2 is 1.77 bits per heavy atom. The van der Waals surface area contributed by atoms with Gasteiger partial charge in [-0.3, -0.25) is 19.8 Å². The summed E-state index contributed by atoms with van der Waals surface area (Å²) in [4.78, 5) is 37.1. The fourth-order valence-corrected chi connectivity index (χ4v) is 10.1. The molecule has 3 aliphatic rings. The molecular weight excluding hydrogens is 858 g/mol. The van der Waals surface area contributed by atoms with E-state index in [0.29, 0.717) is 48.9 Å². The highest BCUT2D eigenvalue weighted by molar-refractivity contribution is 7.90. The van der Waals surface area contributed by atoms with E-state index < -0.39 is 37.0 Å². The van der Waals surface area contributed by atoms with Crippen molar-refractivity contribution in [2.24, 2.45) is 5.92 Å². The Labute approximate surface area is 378 Å². The number of anilines is 2. The number of allylic oxidation sites excluding steroid dienone is 1. The smallest absolute Gasteiger partial charge is 0.293 e. The summed E-state index contributed by atoms with van der Waals surface area (Å²) in [6.45, 7) is 8.13. The Kier molecular flexibility index (Phi) is 13.0. The topological polar surface area (TPSA) is 192 Å². The summed E-state index contributed by atoms with van der Waals surface area (Å²) in [6.07, 6.45) is 8.72. The first kappa shape index (κ1) is 45.1. The minimum Gasteiger partial charge on any atom is -0.455 e. The van der Waals surface area contributed by atoms with Gasteiger partial charge in [0.25, 0.3) is 21.6 Å². The molecule has 64 heavy (non-hydrogen) atoms. The lowest BCUT2D eigenvalue weighted by molar-refractivity contribution is -0.384. The number of nitrogens with one attached hydrogen (secondary N) is 3. The van der Waals surface area contributed by atoms with Crippen LogP contribution in [-0.2, 0) is 14.8 Å². The van der Waals surface area contributed by atoms with Gasteiger partial charge in [-0.1, -0.05) is 23.7 Å². The number of benzene rings is 3. The number of ether oxygens (including phenoxy) is 2. The zero-order valence-corrected chi connectivity index (χ0v) is 37.8. The van der Waals surface area contributed by atoms with E-state index in [1.807, 2.05) is 18.2 Å². The van der Waals surface area contributed by atoms with Crippen molar-refractivity contribution in [2.75, 3.05) is 56.6 Å². The van der Waals surface area contributed by atoms with E-state index in [1.165, 1.54) is 41.1 Å². The van der Waals surface area contributed by atoms with Crippen LogP contribution in [0.3, 0.4) is 0 Å². The summed E-state index contributed by atoms with van der Waals surface area (Å²) < 4.78 is 41.9. The second-order valence-corrected chi connectivity index (χ2v) is 19.9. The first-order chi connectivity index (χ1) is 30.6. The molecule has 3 heterocycles. The molecule has 1 unspecified atom stereocenters. The monoisotopic (exact) mass is 911 g/mol. The van der Waals surface area contributed by atoms with E-state index >= 15 is 0 Å². The van der Waals surface area contributed by atoms with Crippen molar-refractivity contribution >= 4 is 61.2 Å². The molecule has 1 aliphatic heterocycles. The van der Waals surface area contributed by atoms with Gasteiger partial charge in [0.2, 0.25) is 0 Å². The largest absolute Gasteiger partial charge is 0.455 e. The molecule has 0 spiro atoms. The molecule has 0 bridgehead atoms. The average molecular weight is 913 g/mol. The third-order valence-electron chi connectivity index (χ3n) is 13.0. The fraction of sp³-hybridized carbons (Fsp3) is 0.404. The predicted octanol–water partition coefficient (Wildman–Crippen LogP) is 8.55. The van der Waals surface area contributed by atoms with Crippen molar-refractivity contribution in [2.45, 2.75) is 74.9 Å². The van der Waals surface area contributed by atoms with Gasteiger partial charge in [0, 0.05) is 80.8 Å². The highest BCUT2D eigenvalue weighted by atomic mass is 35.5. The number of nitro benzene ring substituents is 1. The average Bonchev–Trinajstić information content (AvgIpc) is 3.75. The third kappa shape index (κ3) is 10.4. The molecule has 5 aromatic rings. The van der Waals surface area contributed by atoms with Crippen LogP contribution in [0.25, 0.3) is 16.6 Å². The van der Waals surface area contributed by atoms with Crippen molar-refractivity contribution in [3.05, 3.63) is 117 Å². The number of carbonyl (C=O) groups is 1. The fourth-order valence-electron chi connectivity index (χ4n) is 9.03. The molecule has 338 valence electrons. The van der Waals surface area contributed by atoms with E-state index in [-0.39, 0.29) is 28.5 Å². The molecule has 1 atom stereocenters. The van der Waals surface area contributed by atoms with Crippen molar-refractivity contribution < 1.29 is 32.7 Å². The number of aromatic amines is 1. The normalized spacial score (nSPS) is 22.1. The molecule has 2 aliphatic carbocycles. The number of carbonyl (C=O) groups excluding carboxylic acids is 1. The number of piperazine rings is 1. The van der Waals surface area contributed by atoms with Crippen LogP contribution in [0.15, 0.2) is 95.7 Å². The summed E-state index contributed by atoms with van der Waals surface area (Å²) in [6, 6.07) is 20.2. The molecule has 0 radical (unpaired) electrons. The number of rotatable bonds is 14. The minimum absolute atomic E-state index is 0.0560. The van der Waals surface area contributed by atoms with E-state index in [2.05, 4.69) is 48.9 Å². The number of aliphatic hydroxyl groups is 1. The molecule has 2 aromatic heterocycles. The van der Waals surface area contributed by atoms with Gasteiger partial charge in [0.15, 0.2) is 0 Å². The number of nitrogens with zero attached hydrogens (tertiary/aromatic N) is 4. The van der Waals surface area contributed by atoms with Crippen LogP contribution in [0.1, 0.15) is 74.7 Å². The molecule has 17 heteroatoms. The zero-order chi connectivity index (χ0) is 45.2. The van der Waals surface area contributed by atoms with Gasteiger partial charge in [-0.25, -0.2) is 18.1 Å². The lowest BCUT2D eigenvalue weighted by atomic mass is 9.79. The third-order valence-corrected chi connectivity index (χ3v) is 14.6. The summed E-state index contributed by atoms with van der Waals surface area (Å²) in [7, 11) is -2.81. The van der Waals surface area contributed by atoms with Crippen LogP contribution in [0.2, 0.25) is 5.02 Å². The van der Waals surface area contributed by atoms with Crippen LogP contribution in [-0.4, -0.2) is 96.8 Å². The van der Waals surface area contributed by atoms with E-state index in [1.54, 1.807) is 38.4 Å². The summed E-state index contributed by atoms with van der Waals surface area (Å²) >= 11 is 6.23. The van der Waals surface area contributed by atoms with Gasteiger partial charge in [-0.05, 0) is 130 Å². The summed E-state index contributed by atoms with van der Waals surface area (Å²) in [5.41, 5.74) is 4.03. The quantitative estimate of drug-likeness (QED) is 0.0614. The van der Waals surface area contributed by atoms with Crippen LogP contribution in [0.4, 0.5) is 17.1 Å². The number of amides is 1. The van der Waals surface area contributed by atoms with Gasteiger partial charge < -0.3 is 29.8 Å². The Morgan fingerprint density at radius 1 is 1.02 bits per heavy atom. The van der Waals surface area contributed by atoms with E-state index in [4.69, 9.17) is 21.1 Å². The Bertz CT molecular complexity index is 2670. The first-order valence-corrected chi connectivity index (χ1v) is 23.5. The van der Waals surface area contributed by atoms with Crippen molar-refractivity contribution in [3.8, 4) is 11.5 Å². The van der Waals surface area contributed by atoms with Gasteiger partial charge >= 0.3 is 0 Å². The summed E-state index contributed by atoms with van der Waals surface area (Å²) in [5.74, 6) is -0.329. The van der Waals surface area contributed by atoms with Crippen molar-refractivity contribution in [1.29, 1.82) is 0 Å². The second-order valence-electron chi connectivity index (χ2n) is 17.7. The molecule has 8 rings (SSSR count). The Morgan fingerprint density at radius 3 is 2.48 bits per heavy atom. The maximum atomic E-state index is 14.0. The number of aromatic nitrogens is 2. The highest BCUT2D eigenvalue weighted by Crippen LogP contribution is 2.41. The maximum Gasteiger partial charge on any atom is 0.293 e. The number of pyridine rings is 1. The van der Waals surface area contributed by atoms with Gasteiger partial charge in [0.05, 0.1) is 32.8 Å². The number of sulfonamides is 1. The maximum absolute atomic E-state index is 14.0. The molecule has 2 fully saturated rings. The number of hydrogen-bond acceptors (Lipinski definition) is 12. The van der Waals surface area contributed by atoms with E-state index in [9.17, 15) is 28.4 Å². The molecule has 1 amide bonds. The van der Waals surface area contributed by atoms with Crippen LogP contribution in [0.5, 0.6) is 11.5 Å². The predicted molar refractivity (Wildman–Crippen MR) is 248 cm³/mol. The summed E-state index contributed by atoms with van der Waals surface area (Å²) in [5, 5.41) is 27.0. The van der Waals surface area contributed by atoms with Gasteiger partial charge in [0.1, 0.15) is 22.8 Å². The standard InChI is InChI=1S/C47H54ClN7O8S/c1-46(57)16-12-31(13-17-46)28-50-41-11-9-38(26-42(41)55(58)59)64(60,61)52-45(56)40-10-8-36(25-43(40)63-37-24-33-15-19-49-44(33)51-29-37)54-22-20-53(21-23-54)30-34-27-47(2,62-3)18-14-39(34)32-4-6-35(48)7-5-32/h4-11,15,19,24-26,29,31,50,57H,12-14,16-18,20-23,27-28,30H2,1-3H3,(H,49,51)(H,52,56)/t31-,46-,47?.